The third kappa shape index (κ3) is 5.19. The molecular weight excluding hydrogens is 336 g/mol. The maximum Gasteiger partial charge on any atom is 0.341 e. The lowest BCUT2D eigenvalue weighted by molar-refractivity contribution is 0.0597. The quantitative estimate of drug-likeness (QED) is 0.608. The third-order valence-corrected chi connectivity index (χ3v) is 3.96. The van der Waals surface area contributed by atoms with Crippen LogP contribution < -0.4 is 15.4 Å². The number of thiocarbonyl (C=S) groups is 1. The minimum Gasteiger partial charge on any atom is -0.496 e. The average Bonchev–Trinajstić information content (AvgIpc) is 2.65. The minimum atomic E-state index is -0.434. The van der Waals surface area contributed by atoms with Crippen molar-refractivity contribution in [3.63, 3.8) is 0 Å². The number of hydrogen-bond acceptors (Lipinski definition) is 4. The Bertz CT molecular complexity index is 762. The molecule has 0 unspecified atom stereocenters. The molecule has 0 fully saturated rings. The van der Waals surface area contributed by atoms with E-state index in [4.69, 9.17) is 21.7 Å². The van der Waals surface area contributed by atoms with Crippen LogP contribution in [-0.2, 0) is 17.7 Å². The Balaban J connectivity index is 2.00. The molecule has 0 heterocycles. The van der Waals surface area contributed by atoms with E-state index in [1.165, 1.54) is 19.8 Å². The second-order valence-corrected chi connectivity index (χ2v) is 5.80. The van der Waals surface area contributed by atoms with Gasteiger partial charge in [0.15, 0.2) is 5.11 Å². The molecule has 5 nitrogen and oxygen atoms in total. The zero-order chi connectivity index (χ0) is 18.2. The van der Waals surface area contributed by atoms with Crippen LogP contribution >= 0.6 is 12.2 Å². The van der Waals surface area contributed by atoms with Gasteiger partial charge < -0.3 is 20.1 Å². The second-order valence-electron chi connectivity index (χ2n) is 5.39. The predicted molar refractivity (Wildman–Crippen MR) is 103 cm³/mol. The summed E-state index contributed by atoms with van der Waals surface area (Å²) in [5.41, 5.74) is 3.47. The summed E-state index contributed by atoms with van der Waals surface area (Å²) in [4.78, 5) is 11.8. The van der Waals surface area contributed by atoms with E-state index in [2.05, 4.69) is 29.7 Å². The molecular formula is C19H22N2O3S. The Labute approximate surface area is 153 Å². The molecule has 0 aliphatic rings. The van der Waals surface area contributed by atoms with Crippen LogP contribution in [0.2, 0.25) is 0 Å². The summed E-state index contributed by atoms with van der Waals surface area (Å²) < 4.78 is 9.97. The number of esters is 1. The number of ether oxygens (including phenoxy) is 2. The number of methoxy groups -OCH3 is 2. The van der Waals surface area contributed by atoms with Crippen LogP contribution in [0.1, 0.15) is 28.4 Å². The summed E-state index contributed by atoms with van der Waals surface area (Å²) in [5.74, 6) is 0.0449. The molecule has 2 aromatic carbocycles. The van der Waals surface area contributed by atoms with Gasteiger partial charge in [-0.15, -0.1) is 0 Å². The molecule has 6 heteroatoms. The highest BCUT2D eigenvalue weighted by Gasteiger charge is 2.13. The van der Waals surface area contributed by atoms with E-state index in [9.17, 15) is 4.79 Å². The lowest BCUT2D eigenvalue weighted by Crippen LogP contribution is -2.28. The molecule has 0 bridgehead atoms. The van der Waals surface area contributed by atoms with Crippen molar-refractivity contribution >= 4 is 29.0 Å². The van der Waals surface area contributed by atoms with Gasteiger partial charge in [-0.2, -0.15) is 0 Å². The Morgan fingerprint density at radius 1 is 1.12 bits per heavy atom. The fourth-order valence-electron chi connectivity index (χ4n) is 2.36. The molecule has 2 aromatic rings. The summed E-state index contributed by atoms with van der Waals surface area (Å²) in [6.07, 6.45) is 0.970. The van der Waals surface area contributed by atoms with Gasteiger partial charge in [-0.25, -0.2) is 4.79 Å². The number of carbonyl (C=O) groups excluding carboxylic acids is 1. The van der Waals surface area contributed by atoms with Gasteiger partial charge in [0.05, 0.1) is 14.2 Å². The van der Waals surface area contributed by atoms with Gasteiger partial charge >= 0.3 is 5.97 Å². The van der Waals surface area contributed by atoms with E-state index in [1.54, 1.807) is 12.1 Å². The highest BCUT2D eigenvalue weighted by Crippen LogP contribution is 2.20. The second kappa shape index (κ2) is 9.03. The smallest absolute Gasteiger partial charge is 0.341 e. The molecule has 0 aliphatic carbocycles. The number of benzene rings is 2. The van der Waals surface area contributed by atoms with Crippen LogP contribution in [0.15, 0.2) is 42.5 Å². The maximum atomic E-state index is 11.8. The van der Waals surface area contributed by atoms with Crippen molar-refractivity contribution in [2.45, 2.75) is 19.9 Å². The first-order valence-electron chi connectivity index (χ1n) is 7.96. The largest absolute Gasteiger partial charge is 0.496 e. The van der Waals surface area contributed by atoms with Crippen molar-refractivity contribution in [1.29, 1.82) is 0 Å². The van der Waals surface area contributed by atoms with Gasteiger partial charge in [-0.3, -0.25) is 0 Å². The summed E-state index contributed by atoms with van der Waals surface area (Å²) in [5, 5.41) is 6.81. The van der Waals surface area contributed by atoms with Crippen molar-refractivity contribution in [3.8, 4) is 5.75 Å². The molecule has 0 saturated heterocycles. The molecule has 0 atom stereocenters. The first-order chi connectivity index (χ1) is 12.1. The fraction of sp³-hybridized carbons (Fsp3) is 0.263. The van der Waals surface area contributed by atoms with Crippen LogP contribution in [0.4, 0.5) is 5.69 Å². The highest BCUT2D eigenvalue weighted by molar-refractivity contribution is 7.80. The van der Waals surface area contributed by atoms with Crippen molar-refractivity contribution in [1.82, 2.24) is 5.32 Å². The van der Waals surface area contributed by atoms with E-state index >= 15 is 0 Å². The predicted octanol–water partition coefficient (Wildman–Crippen LogP) is 3.53. The monoisotopic (exact) mass is 358 g/mol. The van der Waals surface area contributed by atoms with Gasteiger partial charge in [-0.1, -0.05) is 25.1 Å². The molecule has 0 spiro atoms. The Morgan fingerprint density at radius 2 is 1.92 bits per heavy atom. The van der Waals surface area contributed by atoms with Crippen LogP contribution in [0.5, 0.6) is 5.75 Å². The normalized spacial score (nSPS) is 10.0. The van der Waals surface area contributed by atoms with Crippen LogP contribution in [-0.4, -0.2) is 25.3 Å². The summed E-state index contributed by atoms with van der Waals surface area (Å²) >= 11 is 5.33. The van der Waals surface area contributed by atoms with Gasteiger partial charge in [0.2, 0.25) is 0 Å². The zero-order valence-corrected chi connectivity index (χ0v) is 15.4. The van der Waals surface area contributed by atoms with Crippen molar-refractivity contribution in [3.05, 3.63) is 59.2 Å². The molecule has 0 amide bonds. The van der Waals surface area contributed by atoms with E-state index in [0.29, 0.717) is 23.0 Å². The lowest BCUT2D eigenvalue weighted by Gasteiger charge is -2.13. The Hall–Kier alpha value is -2.60. The molecule has 2 rings (SSSR count). The number of nitrogens with one attached hydrogen (secondary N) is 2. The first-order valence-corrected chi connectivity index (χ1v) is 8.37. The minimum absolute atomic E-state index is 0.388. The Morgan fingerprint density at radius 3 is 2.60 bits per heavy atom. The van der Waals surface area contributed by atoms with Crippen LogP contribution in [0.25, 0.3) is 0 Å². The van der Waals surface area contributed by atoms with Crippen molar-refractivity contribution < 1.29 is 14.3 Å². The van der Waals surface area contributed by atoms with E-state index in [0.717, 1.165) is 17.7 Å². The van der Waals surface area contributed by atoms with Crippen LogP contribution in [0.3, 0.4) is 0 Å². The molecule has 2 N–H and O–H groups in total. The number of aryl methyl sites for hydroxylation is 1. The maximum absolute atomic E-state index is 11.8. The molecule has 0 aliphatic heterocycles. The molecule has 0 radical (unpaired) electrons. The molecule has 0 aromatic heterocycles. The SMILES string of the molecule is CCc1cccc(NC(=S)NCc2ccc(OC)c(C(=O)OC)c2)c1. The third-order valence-electron chi connectivity index (χ3n) is 3.72. The average molecular weight is 358 g/mol. The summed E-state index contributed by atoms with van der Waals surface area (Å²) in [7, 11) is 2.86. The van der Waals surface area contributed by atoms with E-state index in [1.807, 2.05) is 18.2 Å². The number of carbonyl (C=O) groups is 1. The van der Waals surface area contributed by atoms with Crippen molar-refractivity contribution in [2.75, 3.05) is 19.5 Å². The molecule has 0 saturated carbocycles. The van der Waals surface area contributed by atoms with Gasteiger partial charge in [0, 0.05) is 12.2 Å². The van der Waals surface area contributed by atoms with Crippen LogP contribution in [0, 0.1) is 0 Å². The van der Waals surface area contributed by atoms with Gasteiger partial charge in [0.1, 0.15) is 11.3 Å². The lowest BCUT2D eigenvalue weighted by atomic mass is 10.1. The highest BCUT2D eigenvalue weighted by atomic mass is 32.1. The fourth-order valence-corrected chi connectivity index (χ4v) is 2.55. The number of anilines is 1. The Kier molecular flexibility index (Phi) is 6.77. The first kappa shape index (κ1) is 18.7. The summed E-state index contributed by atoms with van der Waals surface area (Å²) in [6, 6.07) is 13.5. The molecule has 132 valence electrons. The number of hydrogen-bond donors (Lipinski definition) is 2. The van der Waals surface area contributed by atoms with Gasteiger partial charge in [0.25, 0.3) is 0 Å². The van der Waals surface area contributed by atoms with Crippen molar-refractivity contribution in [2.24, 2.45) is 0 Å². The molecule has 25 heavy (non-hydrogen) atoms. The van der Waals surface area contributed by atoms with E-state index in [-0.39, 0.29) is 0 Å². The van der Waals surface area contributed by atoms with Gasteiger partial charge in [-0.05, 0) is 54.0 Å². The zero-order valence-electron chi connectivity index (χ0n) is 14.6. The van der Waals surface area contributed by atoms with E-state index < -0.39 is 5.97 Å². The summed E-state index contributed by atoms with van der Waals surface area (Å²) in [6.45, 7) is 2.59. The standard InChI is InChI=1S/C19H22N2O3S/c1-4-13-6-5-7-15(10-13)21-19(25)20-12-14-8-9-17(23-2)16(11-14)18(22)24-3/h5-11H,4,12H2,1-3H3,(H2,20,21,25). The number of rotatable bonds is 6. The topological polar surface area (TPSA) is 59.6 Å².